The maximum Gasteiger partial charge on any atom is 0.191 e. The van der Waals surface area contributed by atoms with E-state index in [9.17, 15) is 0 Å². The van der Waals surface area contributed by atoms with Gasteiger partial charge in [-0.3, -0.25) is 9.67 Å². The smallest absolute Gasteiger partial charge is 0.191 e. The molecule has 2 unspecified atom stereocenters. The topological polar surface area (TPSA) is 67.1 Å². The molecule has 3 rings (SSSR count). The second-order valence-corrected chi connectivity index (χ2v) is 7.35. The summed E-state index contributed by atoms with van der Waals surface area (Å²) in [6.45, 7) is 8.09. The maximum atomic E-state index is 4.57. The Balaban J connectivity index is 1.58. The number of rotatable bonds is 5. The number of thiazole rings is 1. The molecule has 23 heavy (non-hydrogen) atoms. The molecule has 0 aliphatic carbocycles. The number of aryl methyl sites for hydroxylation is 2. The van der Waals surface area contributed by atoms with Gasteiger partial charge in [0.05, 0.1) is 23.3 Å². The third-order valence-corrected chi connectivity index (χ3v) is 5.06. The molecule has 3 heterocycles. The molecule has 0 bridgehead atoms. The van der Waals surface area contributed by atoms with Crippen LogP contribution in [0.4, 0.5) is 0 Å². The molecule has 7 heteroatoms. The molecule has 2 atom stereocenters. The monoisotopic (exact) mass is 332 g/mol. The van der Waals surface area contributed by atoms with Gasteiger partial charge in [-0.1, -0.05) is 13.8 Å². The van der Waals surface area contributed by atoms with Crippen LogP contribution in [0.25, 0.3) is 0 Å². The van der Waals surface area contributed by atoms with Crippen LogP contribution in [0.1, 0.15) is 42.2 Å². The first kappa shape index (κ1) is 16.0. The summed E-state index contributed by atoms with van der Waals surface area (Å²) in [5, 5.41) is 14.4. The molecule has 2 N–H and O–H groups in total. The zero-order valence-corrected chi connectivity index (χ0v) is 14.9. The van der Waals surface area contributed by atoms with E-state index in [4.69, 9.17) is 0 Å². The molecule has 0 saturated carbocycles. The normalized spacial score (nSPS) is 18.8. The van der Waals surface area contributed by atoms with Gasteiger partial charge >= 0.3 is 0 Å². The Morgan fingerprint density at radius 1 is 1.48 bits per heavy atom. The lowest BCUT2D eigenvalue weighted by Gasteiger charge is -2.22. The third-order valence-electron chi connectivity index (χ3n) is 4.27. The van der Waals surface area contributed by atoms with E-state index >= 15 is 0 Å². The summed E-state index contributed by atoms with van der Waals surface area (Å²) in [5.41, 5.74) is 2.33. The van der Waals surface area contributed by atoms with Crippen LogP contribution in [-0.4, -0.2) is 33.8 Å². The summed E-state index contributed by atoms with van der Waals surface area (Å²) >= 11 is 1.68. The van der Waals surface area contributed by atoms with E-state index in [0.717, 1.165) is 29.8 Å². The zero-order chi connectivity index (χ0) is 16.4. The lowest BCUT2D eigenvalue weighted by molar-refractivity contribution is 0.459. The maximum absolute atomic E-state index is 4.57. The van der Waals surface area contributed by atoms with Crippen LogP contribution in [0.2, 0.25) is 0 Å². The van der Waals surface area contributed by atoms with Crippen LogP contribution in [0.5, 0.6) is 0 Å². The standard InChI is InChI=1S/C16H24N6S/c1-10(2)12(15-5-6-19-22(15)4)7-17-16-18-8-13(21-16)14-9-23-11(3)20-14/h5-6,9-10,12-13H,7-8H2,1-4H3,(H2,17,18,21). The minimum Gasteiger partial charge on any atom is -0.356 e. The van der Waals surface area contributed by atoms with Crippen LogP contribution >= 0.6 is 11.3 Å². The minimum absolute atomic E-state index is 0.191. The second-order valence-electron chi connectivity index (χ2n) is 6.29. The first-order chi connectivity index (χ1) is 11.0. The molecular weight excluding hydrogens is 308 g/mol. The Morgan fingerprint density at radius 3 is 2.91 bits per heavy atom. The first-order valence-electron chi connectivity index (χ1n) is 7.99. The minimum atomic E-state index is 0.191. The Morgan fingerprint density at radius 2 is 2.30 bits per heavy atom. The van der Waals surface area contributed by atoms with Crippen molar-refractivity contribution in [3.8, 4) is 0 Å². The zero-order valence-electron chi connectivity index (χ0n) is 14.1. The highest BCUT2D eigenvalue weighted by molar-refractivity contribution is 7.09. The van der Waals surface area contributed by atoms with Gasteiger partial charge in [0.1, 0.15) is 0 Å². The predicted octanol–water partition coefficient (Wildman–Crippen LogP) is 2.21. The summed E-state index contributed by atoms with van der Waals surface area (Å²) in [4.78, 5) is 9.12. The summed E-state index contributed by atoms with van der Waals surface area (Å²) in [7, 11) is 2.00. The van der Waals surface area contributed by atoms with Crippen molar-refractivity contribution in [3.63, 3.8) is 0 Å². The van der Waals surface area contributed by atoms with Crippen molar-refractivity contribution in [2.24, 2.45) is 18.0 Å². The average Bonchev–Trinajstić information content (AvgIpc) is 3.21. The Labute approximate surface area is 141 Å². The van der Waals surface area contributed by atoms with E-state index in [1.54, 1.807) is 11.3 Å². The quantitative estimate of drug-likeness (QED) is 0.881. The van der Waals surface area contributed by atoms with Crippen molar-refractivity contribution >= 4 is 17.3 Å². The van der Waals surface area contributed by atoms with Crippen molar-refractivity contribution in [2.75, 3.05) is 13.1 Å². The van der Waals surface area contributed by atoms with Gasteiger partial charge in [-0.2, -0.15) is 5.10 Å². The molecule has 0 amide bonds. The summed E-state index contributed by atoms with van der Waals surface area (Å²) in [5.74, 6) is 1.79. The SMILES string of the molecule is Cc1nc(C2CN=C(NCC(c3ccnn3C)C(C)C)N2)cs1. The van der Waals surface area contributed by atoms with Crippen molar-refractivity contribution in [1.29, 1.82) is 0 Å². The molecule has 0 spiro atoms. The van der Waals surface area contributed by atoms with Gasteiger partial charge in [0.25, 0.3) is 0 Å². The van der Waals surface area contributed by atoms with E-state index in [0.29, 0.717) is 11.8 Å². The van der Waals surface area contributed by atoms with Gasteiger partial charge in [-0.05, 0) is 18.9 Å². The molecule has 0 fully saturated rings. The number of nitrogens with one attached hydrogen (secondary N) is 2. The summed E-state index contributed by atoms with van der Waals surface area (Å²) < 4.78 is 1.96. The van der Waals surface area contributed by atoms with Crippen LogP contribution in [-0.2, 0) is 7.05 Å². The number of aliphatic imine (C=N–C) groups is 1. The molecule has 124 valence electrons. The molecule has 2 aromatic rings. The fourth-order valence-corrected chi connectivity index (χ4v) is 3.56. The van der Waals surface area contributed by atoms with Gasteiger partial charge in [0.2, 0.25) is 0 Å². The van der Waals surface area contributed by atoms with Gasteiger partial charge < -0.3 is 10.6 Å². The van der Waals surface area contributed by atoms with E-state index in [2.05, 4.69) is 51.0 Å². The predicted molar refractivity (Wildman–Crippen MR) is 93.8 cm³/mol. The van der Waals surface area contributed by atoms with Gasteiger partial charge in [-0.25, -0.2) is 4.98 Å². The molecule has 1 aliphatic rings. The molecule has 1 aliphatic heterocycles. The van der Waals surface area contributed by atoms with Crippen LogP contribution < -0.4 is 10.6 Å². The second kappa shape index (κ2) is 6.70. The molecular formula is C16H24N6S. The Hall–Kier alpha value is -1.89. The van der Waals surface area contributed by atoms with Gasteiger partial charge in [0, 0.05) is 36.8 Å². The van der Waals surface area contributed by atoms with Gasteiger partial charge in [0.15, 0.2) is 5.96 Å². The van der Waals surface area contributed by atoms with E-state index < -0.39 is 0 Å². The fraction of sp³-hybridized carbons (Fsp3) is 0.562. The molecule has 2 aromatic heterocycles. The number of aromatic nitrogens is 3. The van der Waals surface area contributed by atoms with Gasteiger partial charge in [-0.15, -0.1) is 11.3 Å². The largest absolute Gasteiger partial charge is 0.356 e. The van der Waals surface area contributed by atoms with E-state index in [-0.39, 0.29) is 6.04 Å². The summed E-state index contributed by atoms with van der Waals surface area (Å²) in [6, 6.07) is 2.29. The number of hydrogen-bond donors (Lipinski definition) is 2. The highest BCUT2D eigenvalue weighted by Gasteiger charge is 2.23. The van der Waals surface area contributed by atoms with Crippen molar-refractivity contribution in [1.82, 2.24) is 25.4 Å². The fourth-order valence-electron chi connectivity index (χ4n) is 2.89. The number of guanidine groups is 1. The number of nitrogens with zero attached hydrogens (tertiary/aromatic N) is 4. The number of hydrogen-bond acceptors (Lipinski definition) is 6. The average molecular weight is 332 g/mol. The highest BCUT2D eigenvalue weighted by Crippen LogP contribution is 2.23. The lowest BCUT2D eigenvalue weighted by atomic mass is 9.92. The molecule has 0 aromatic carbocycles. The summed E-state index contributed by atoms with van der Waals surface area (Å²) in [6.07, 6.45) is 1.86. The van der Waals surface area contributed by atoms with Crippen LogP contribution in [0, 0.1) is 12.8 Å². The molecule has 6 nitrogen and oxygen atoms in total. The molecule has 0 saturated heterocycles. The van der Waals surface area contributed by atoms with Crippen molar-refractivity contribution in [3.05, 3.63) is 34.0 Å². The van der Waals surface area contributed by atoms with Crippen molar-refractivity contribution in [2.45, 2.75) is 32.7 Å². The van der Waals surface area contributed by atoms with Crippen LogP contribution in [0.15, 0.2) is 22.6 Å². The highest BCUT2D eigenvalue weighted by atomic mass is 32.1. The van der Waals surface area contributed by atoms with Crippen molar-refractivity contribution < 1.29 is 0 Å². The Bertz CT molecular complexity index is 686. The van der Waals surface area contributed by atoms with Crippen LogP contribution in [0.3, 0.4) is 0 Å². The lowest BCUT2D eigenvalue weighted by Crippen LogP contribution is -2.38. The van der Waals surface area contributed by atoms with E-state index in [1.165, 1.54) is 5.69 Å². The first-order valence-corrected chi connectivity index (χ1v) is 8.87. The van der Waals surface area contributed by atoms with E-state index in [1.807, 2.05) is 24.9 Å². The molecule has 0 radical (unpaired) electrons. The Kier molecular flexibility index (Phi) is 4.66. The third kappa shape index (κ3) is 3.55.